The van der Waals surface area contributed by atoms with Gasteiger partial charge in [0.15, 0.2) is 11.5 Å². The topological polar surface area (TPSA) is 58.1 Å². The first-order valence-electron chi connectivity index (χ1n) is 6.79. The summed E-state index contributed by atoms with van der Waals surface area (Å²) in [5, 5.41) is 11.7. The molecule has 0 fully saturated rings. The van der Waals surface area contributed by atoms with Crippen LogP contribution >= 0.6 is 11.6 Å². The number of aromatic nitrogens is 2. The van der Waals surface area contributed by atoms with Crippen molar-refractivity contribution in [2.24, 2.45) is 0 Å². The monoisotopic (exact) mass is 304 g/mol. The minimum absolute atomic E-state index is 0.109. The number of rotatable bonds is 5. The van der Waals surface area contributed by atoms with Crippen LogP contribution in [0, 0.1) is 0 Å². The van der Waals surface area contributed by atoms with Crippen LogP contribution in [0.1, 0.15) is 24.3 Å². The van der Waals surface area contributed by atoms with Crippen molar-refractivity contribution in [2.75, 3.05) is 18.4 Å². The lowest BCUT2D eigenvalue weighted by atomic mass is 10.3. The summed E-state index contributed by atoms with van der Waals surface area (Å²) in [5.74, 6) is 0.454. The molecule has 2 aromatic rings. The molecule has 1 aromatic heterocycles. The van der Waals surface area contributed by atoms with Gasteiger partial charge < -0.3 is 10.2 Å². The van der Waals surface area contributed by atoms with E-state index in [-0.39, 0.29) is 5.91 Å². The highest BCUT2D eigenvalue weighted by molar-refractivity contribution is 6.30. The van der Waals surface area contributed by atoms with Crippen LogP contribution < -0.4 is 5.32 Å². The molecule has 0 saturated heterocycles. The average Bonchev–Trinajstić information content (AvgIpc) is 2.49. The quantitative estimate of drug-likeness (QED) is 0.920. The molecule has 5 nitrogen and oxygen atoms in total. The molecule has 0 saturated carbocycles. The smallest absolute Gasteiger partial charge is 0.274 e. The van der Waals surface area contributed by atoms with Gasteiger partial charge in [-0.05, 0) is 44.2 Å². The molecular weight excluding hydrogens is 288 g/mol. The molecule has 0 radical (unpaired) electrons. The van der Waals surface area contributed by atoms with Gasteiger partial charge in [-0.25, -0.2) is 0 Å². The highest BCUT2D eigenvalue weighted by atomic mass is 35.5. The zero-order chi connectivity index (χ0) is 15.2. The second-order valence-corrected chi connectivity index (χ2v) is 4.85. The van der Waals surface area contributed by atoms with Crippen LogP contribution in [0.4, 0.5) is 11.5 Å². The van der Waals surface area contributed by atoms with Gasteiger partial charge in [0, 0.05) is 23.8 Å². The first kappa shape index (κ1) is 15.3. The molecule has 0 bridgehead atoms. The van der Waals surface area contributed by atoms with Gasteiger partial charge in [-0.15, -0.1) is 10.2 Å². The minimum atomic E-state index is -0.109. The van der Waals surface area contributed by atoms with Crippen LogP contribution in [0.15, 0.2) is 36.4 Å². The van der Waals surface area contributed by atoms with Crippen molar-refractivity contribution in [1.29, 1.82) is 0 Å². The maximum absolute atomic E-state index is 12.1. The third kappa shape index (κ3) is 3.92. The summed E-state index contributed by atoms with van der Waals surface area (Å²) in [4.78, 5) is 13.8. The zero-order valence-electron chi connectivity index (χ0n) is 12.0. The van der Waals surface area contributed by atoms with E-state index in [0.717, 1.165) is 5.69 Å². The Labute approximate surface area is 128 Å². The van der Waals surface area contributed by atoms with Gasteiger partial charge in [-0.3, -0.25) is 4.79 Å². The van der Waals surface area contributed by atoms with Crippen LogP contribution in [0.2, 0.25) is 5.02 Å². The molecule has 110 valence electrons. The number of carbonyl (C=O) groups is 1. The first-order valence-corrected chi connectivity index (χ1v) is 7.17. The predicted octanol–water partition coefficient (Wildman–Crippen LogP) is 3.36. The average molecular weight is 305 g/mol. The molecule has 1 aromatic carbocycles. The zero-order valence-corrected chi connectivity index (χ0v) is 12.8. The number of nitrogens with one attached hydrogen (secondary N) is 1. The predicted molar refractivity (Wildman–Crippen MR) is 84.0 cm³/mol. The Morgan fingerprint density at radius 2 is 1.95 bits per heavy atom. The molecule has 0 spiro atoms. The van der Waals surface area contributed by atoms with Gasteiger partial charge >= 0.3 is 0 Å². The number of benzene rings is 1. The highest BCUT2D eigenvalue weighted by Gasteiger charge is 2.14. The number of hydrogen-bond donors (Lipinski definition) is 1. The highest BCUT2D eigenvalue weighted by Crippen LogP contribution is 2.18. The summed E-state index contributed by atoms with van der Waals surface area (Å²) in [6, 6.07) is 10.7. The van der Waals surface area contributed by atoms with Crippen LogP contribution in [0.25, 0.3) is 0 Å². The van der Waals surface area contributed by atoms with Crippen molar-refractivity contribution in [1.82, 2.24) is 15.1 Å². The Balaban J connectivity index is 2.10. The van der Waals surface area contributed by atoms with E-state index in [4.69, 9.17) is 11.6 Å². The molecule has 0 aliphatic heterocycles. The fourth-order valence-corrected chi connectivity index (χ4v) is 2.09. The normalized spacial score (nSPS) is 10.2. The SMILES string of the molecule is CCN(CC)C(=O)c1ccc(Nc2cccc(Cl)c2)nn1. The van der Waals surface area contributed by atoms with Crippen molar-refractivity contribution in [3.63, 3.8) is 0 Å². The Morgan fingerprint density at radius 3 is 2.52 bits per heavy atom. The molecule has 1 amide bonds. The maximum Gasteiger partial charge on any atom is 0.274 e. The number of carbonyl (C=O) groups excluding carboxylic acids is 1. The molecule has 0 atom stereocenters. The summed E-state index contributed by atoms with van der Waals surface area (Å²) < 4.78 is 0. The van der Waals surface area contributed by atoms with Gasteiger partial charge in [0.25, 0.3) is 5.91 Å². The number of anilines is 2. The molecule has 0 aliphatic carbocycles. The van der Waals surface area contributed by atoms with Crippen molar-refractivity contribution >= 4 is 29.0 Å². The van der Waals surface area contributed by atoms with Crippen molar-refractivity contribution in [2.45, 2.75) is 13.8 Å². The van der Waals surface area contributed by atoms with Gasteiger partial charge in [-0.2, -0.15) is 0 Å². The maximum atomic E-state index is 12.1. The summed E-state index contributed by atoms with van der Waals surface area (Å²) >= 11 is 5.92. The van der Waals surface area contributed by atoms with Crippen molar-refractivity contribution in [3.8, 4) is 0 Å². The van der Waals surface area contributed by atoms with Crippen molar-refractivity contribution < 1.29 is 4.79 Å². The molecule has 2 rings (SSSR count). The van der Waals surface area contributed by atoms with E-state index in [9.17, 15) is 4.79 Å². The fraction of sp³-hybridized carbons (Fsp3) is 0.267. The Hall–Kier alpha value is -2.14. The van der Waals surface area contributed by atoms with Gasteiger partial charge in [0.1, 0.15) is 0 Å². The third-order valence-corrected chi connectivity index (χ3v) is 3.27. The van der Waals surface area contributed by atoms with Crippen LogP contribution in [0.5, 0.6) is 0 Å². The van der Waals surface area contributed by atoms with Crippen molar-refractivity contribution in [3.05, 3.63) is 47.1 Å². The lowest BCUT2D eigenvalue weighted by Crippen LogP contribution is -2.31. The molecule has 0 aliphatic rings. The number of halogens is 1. The van der Waals surface area contributed by atoms with E-state index in [1.165, 1.54) is 0 Å². The van der Waals surface area contributed by atoms with E-state index in [2.05, 4.69) is 15.5 Å². The molecule has 1 heterocycles. The van der Waals surface area contributed by atoms with Crippen LogP contribution in [-0.2, 0) is 0 Å². The third-order valence-electron chi connectivity index (χ3n) is 3.03. The first-order chi connectivity index (χ1) is 10.1. The second-order valence-electron chi connectivity index (χ2n) is 4.42. The Morgan fingerprint density at radius 1 is 1.19 bits per heavy atom. The minimum Gasteiger partial charge on any atom is -0.339 e. The number of amides is 1. The van der Waals surface area contributed by atoms with Crippen LogP contribution in [-0.4, -0.2) is 34.1 Å². The van der Waals surface area contributed by atoms with Gasteiger partial charge in [-0.1, -0.05) is 17.7 Å². The van der Waals surface area contributed by atoms with Gasteiger partial charge in [0.2, 0.25) is 0 Å². The molecular formula is C15H17ClN4O. The lowest BCUT2D eigenvalue weighted by Gasteiger charge is -2.17. The summed E-state index contributed by atoms with van der Waals surface area (Å²) in [5.41, 5.74) is 1.16. The molecule has 1 N–H and O–H groups in total. The largest absolute Gasteiger partial charge is 0.339 e. The summed E-state index contributed by atoms with van der Waals surface area (Å²) in [6.07, 6.45) is 0. The van der Waals surface area contributed by atoms with E-state index in [1.807, 2.05) is 26.0 Å². The van der Waals surface area contributed by atoms with E-state index in [1.54, 1.807) is 29.2 Å². The van der Waals surface area contributed by atoms with E-state index in [0.29, 0.717) is 29.6 Å². The standard InChI is InChI=1S/C15H17ClN4O/c1-3-20(4-2)15(21)13-8-9-14(19-18-13)17-12-7-5-6-11(16)10-12/h5-10H,3-4H2,1-2H3,(H,17,19). The Bertz CT molecular complexity index is 611. The fourth-order valence-electron chi connectivity index (χ4n) is 1.90. The van der Waals surface area contributed by atoms with Gasteiger partial charge in [0.05, 0.1) is 0 Å². The Kier molecular flexibility index (Phi) is 5.11. The number of hydrogen-bond acceptors (Lipinski definition) is 4. The van der Waals surface area contributed by atoms with E-state index >= 15 is 0 Å². The number of nitrogens with zero attached hydrogens (tertiary/aromatic N) is 3. The lowest BCUT2D eigenvalue weighted by molar-refractivity contribution is 0.0766. The van der Waals surface area contributed by atoms with Crippen LogP contribution in [0.3, 0.4) is 0 Å². The summed E-state index contributed by atoms with van der Waals surface area (Å²) in [6.45, 7) is 5.17. The molecule has 6 heteroatoms. The summed E-state index contributed by atoms with van der Waals surface area (Å²) in [7, 11) is 0. The molecule has 21 heavy (non-hydrogen) atoms. The second kappa shape index (κ2) is 7.04. The van der Waals surface area contributed by atoms with E-state index < -0.39 is 0 Å². The molecule has 0 unspecified atom stereocenters.